The fraction of sp³-hybridized carbons (Fsp3) is 0.0769. The molecule has 0 atom stereocenters. The number of nitrogens with one attached hydrogen (secondary N) is 1. The lowest BCUT2D eigenvalue weighted by Crippen LogP contribution is -2.16. The summed E-state index contributed by atoms with van der Waals surface area (Å²) in [6, 6.07) is 6.17. The van der Waals surface area contributed by atoms with Crippen LogP contribution in [0.3, 0.4) is 0 Å². The number of phenolic OH excluding ortho intramolecular Hbond substituents is 1. The Balaban J connectivity index is 2.18. The van der Waals surface area contributed by atoms with Gasteiger partial charge in [0.25, 0.3) is 5.91 Å². The number of hydrazone groups is 1. The first-order valence-electron chi connectivity index (χ1n) is 5.84. The number of benzene rings is 1. The zero-order valence-corrected chi connectivity index (χ0v) is 11.8. The van der Waals surface area contributed by atoms with Crippen molar-refractivity contribution in [3.05, 3.63) is 55.8 Å². The zero-order chi connectivity index (χ0) is 15.4. The van der Waals surface area contributed by atoms with E-state index in [1.54, 1.807) is 24.4 Å². The number of aromatic hydroxyl groups is 1. The molecule has 1 amide bonds. The maximum atomic E-state index is 11.6. The second-order valence-electron chi connectivity index (χ2n) is 4.16. The second-order valence-corrected chi connectivity index (χ2v) is 5.10. The minimum absolute atomic E-state index is 0.160. The number of thiophene rings is 1. The molecule has 0 aliphatic carbocycles. The third kappa shape index (κ3) is 3.42. The zero-order valence-electron chi connectivity index (χ0n) is 10.9. The predicted octanol–water partition coefficient (Wildman–Crippen LogP) is 2.43. The Morgan fingerprint density at radius 2 is 2.29 bits per heavy atom. The van der Waals surface area contributed by atoms with Gasteiger partial charge in [-0.3, -0.25) is 14.9 Å². The van der Waals surface area contributed by atoms with Gasteiger partial charge in [-0.2, -0.15) is 5.10 Å². The Kier molecular flexibility index (Phi) is 4.29. The lowest BCUT2D eigenvalue weighted by Gasteiger charge is -2.02. The predicted molar refractivity (Wildman–Crippen MR) is 78.9 cm³/mol. The summed E-state index contributed by atoms with van der Waals surface area (Å²) < 4.78 is 0. The first-order valence-corrected chi connectivity index (χ1v) is 6.72. The van der Waals surface area contributed by atoms with Crippen molar-refractivity contribution in [1.82, 2.24) is 5.43 Å². The number of amides is 1. The maximum Gasteiger partial charge on any atom is 0.311 e. The van der Waals surface area contributed by atoms with Crippen LogP contribution in [-0.2, 0) is 0 Å². The molecule has 108 valence electrons. The summed E-state index contributed by atoms with van der Waals surface area (Å²) in [7, 11) is 0. The highest BCUT2D eigenvalue weighted by molar-refractivity contribution is 7.12. The van der Waals surface area contributed by atoms with E-state index in [1.165, 1.54) is 29.7 Å². The number of aryl methyl sites for hydroxylation is 1. The van der Waals surface area contributed by atoms with Gasteiger partial charge in [-0.15, -0.1) is 11.3 Å². The number of nitrogens with zero attached hydrogens (tertiary/aromatic N) is 2. The Morgan fingerprint density at radius 3 is 2.90 bits per heavy atom. The molecule has 21 heavy (non-hydrogen) atoms. The molecule has 0 radical (unpaired) electrons. The van der Waals surface area contributed by atoms with Crippen molar-refractivity contribution in [2.75, 3.05) is 0 Å². The fourth-order valence-electron chi connectivity index (χ4n) is 1.65. The normalized spacial score (nSPS) is 10.7. The van der Waals surface area contributed by atoms with Crippen molar-refractivity contribution < 1.29 is 14.8 Å². The summed E-state index contributed by atoms with van der Waals surface area (Å²) in [5.41, 5.74) is 2.65. The summed E-state index contributed by atoms with van der Waals surface area (Å²) in [6.45, 7) is 1.66. The summed E-state index contributed by atoms with van der Waals surface area (Å²) in [5, 5.41) is 26.0. The Morgan fingerprint density at radius 1 is 1.52 bits per heavy atom. The van der Waals surface area contributed by atoms with Gasteiger partial charge in [0.05, 0.1) is 16.0 Å². The van der Waals surface area contributed by atoms with Gasteiger partial charge in [-0.25, -0.2) is 5.43 Å². The molecule has 0 fully saturated rings. The van der Waals surface area contributed by atoms with Gasteiger partial charge >= 0.3 is 5.69 Å². The second kappa shape index (κ2) is 6.14. The van der Waals surface area contributed by atoms with Crippen LogP contribution < -0.4 is 5.43 Å². The van der Waals surface area contributed by atoms with Crippen molar-refractivity contribution in [3.63, 3.8) is 0 Å². The van der Waals surface area contributed by atoms with Gasteiger partial charge in [0.1, 0.15) is 0 Å². The van der Waals surface area contributed by atoms with Crippen molar-refractivity contribution in [2.45, 2.75) is 6.92 Å². The van der Waals surface area contributed by atoms with E-state index in [9.17, 15) is 20.0 Å². The lowest BCUT2D eigenvalue weighted by atomic mass is 10.1. The molecule has 0 spiro atoms. The van der Waals surface area contributed by atoms with Crippen LogP contribution >= 0.6 is 11.3 Å². The topological polar surface area (TPSA) is 105 Å². The van der Waals surface area contributed by atoms with E-state index in [1.807, 2.05) is 0 Å². The molecule has 2 N–H and O–H groups in total. The molecule has 0 aliphatic rings. The summed E-state index contributed by atoms with van der Waals surface area (Å²) in [6.07, 6.45) is 1.17. The molecule has 7 nitrogen and oxygen atoms in total. The van der Waals surface area contributed by atoms with Crippen molar-refractivity contribution >= 4 is 29.1 Å². The summed E-state index contributed by atoms with van der Waals surface area (Å²) >= 11 is 1.26. The van der Waals surface area contributed by atoms with Crippen LogP contribution in [0.5, 0.6) is 5.75 Å². The largest absolute Gasteiger partial charge is 0.502 e. The number of carbonyl (C=O) groups is 1. The number of nitro groups is 1. The molecule has 0 aliphatic heterocycles. The van der Waals surface area contributed by atoms with Crippen LogP contribution in [0.15, 0.2) is 34.7 Å². The summed E-state index contributed by atoms with van der Waals surface area (Å²) in [5.74, 6) is -0.873. The monoisotopic (exact) mass is 305 g/mol. The van der Waals surface area contributed by atoms with Crippen molar-refractivity contribution in [1.29, 1.82) is 0 Å². The highest BCUT2D eigenvalue weighted by Gasteiger charge is 2.17. The molecule has 2 rings (SSSR count). The number of rotatable bonds is 4. The number of hydrogen-bond acceptors (Lipinski definition) is 6. The molecule has 2 aromatic rings. The quantitative estimate of drug-likeness (QED) is 0.514. The molecule has 1 aromatic heterocycles. The molecule has 8 heteroatoms. The first-order chi connectivity index (χ1) is 9.99. The molecule has 0 saturated carbocycles. The van der Waals surface area contributed by atoms with Crippen LogP contribution in [0.1, 0.15) is 20.8 Å². The van der Waals surface area contributed by atoms with Crippen LogP contribution in [0.4, 0.5) is 5.69 Å². The number of hydrogen-bond donors (Lipinski definition) is 2. The van der Waals surface area contributed by atoms with E-state index >= 15 is 0 Å². The van der Waals surface area contributed by atoms with E-state index in [2.05, 4.69) is 10.5 Å². The van der Waals surface area contributed by atoms with Crippen LogP contribution in [-0.4, -0.2) is 22.2 Å². The fourth-order valence-corrected chi connectivity index (χ4v) is 2.26. The van der Waals surface area contributed by atoms with Gasteiger partial charge in [0, 0.05) is 11.6 Å². The highest BCUT2D eigenvalue weighted by atomic mass is 32.1. The number of carbonyl (C=O) groups excluding carboxylic acids is 1. The van der Waals surface area contributed by atoms with Gasteiger partial charge in [0.2, 0.25) is 5.75 Å². The third-order valence-electron chi connectivity index (χ3n) is 2.58. The Labute approximate surface area is 123 Å². The molecule has 0 unspecified atom stereocenters. The molecule has 0 saturated heterocycles. The molecule has 1 aromatic carbocycles. The minimum Gasteiger partial charge on any atom is -0.502 e. The van der Waals surface area contributed by atoms with Crippen molar-refractivity contribution in [3.8, 4) is 5.75 Å². The average Bonchev–Trinajstić information content (AvgIpc) is 2.95. The van der Waals surface area contributed by atoms with E-state index in [0.717, 1.165) is 0 Å². The van der Waals surface area contributed by atoms with Crippen LogP contribution in [0.2, 0.25) is 0 Å². The Bertz CT molecular complexity index is 710. The van der Waals surface area contributed by atoms with E-state index in [-0.39, 0.29) is 11.5 Å². The standard InChI is InChI=1S/C13H11N3O4S/c1-8-5-9(12(17)10(6-8)16(19)20)7-14-15-13(18)11-3-2-4-21-11/h2-7,17H,1H3,(H,15,18)/b14-7+. The van der Waals surface area contributed by atoms with Crippen LogP contribution in [0, 0.1) is 17.0 Å². The van der Waals surface area contributed by atoms with E-state index in [0.29, 0.717) is 10.4 Å². The molecule has 0 bridgehead atoms. The molecular weight excluding hydrogens is 294 g/mol. The Hall–Kier alpha value is -2.74. The van der Waals surface area contributed by atoms with Gasteiger partial charge in [-0.05, 0) is 30.0 Å². The van der Waals surface area contributed by atoms with E-state index in [4.69, 9.17) is 0 Å². The average molecular weight is 305 g/mol. The van der Waals surface area contributed by atoms with Gasteiger partial charge in [-0.1, -0.05) is 6.07 Å². The number of phenols is 1. The smallest absolute Gasteiger partial charge is 0.311 e. The maximum absolute atomic E-state index is 11.6. The van der Waals surface area contributed by atoms with Gasteiger partial charge < -0.3 is 5.11 Å². The molecule has 1 heterocycles. The summed E-state index contributed by atoms with van der Waals surface area (Å²) in [4.78, 5) is 22.2. The van der Waals surface area contributed by atoms with Gasteiger partial charge in [0.15, 0.2) is 0 Å². The first kappa shape index (κ1) is 14.7. The van der Waals surface area contributed by atoms with Crippen LogP contribution in [0.25, 0.3) is 0 Å². The highest BCUT2D eigenvalue weighted by Crippen LogP contribution is 2.29. The lowest BCUT2D eigenvalue weighted by molar-refractivity contribution is -0.385. The van der Waals surface area contributed by atoms with E-state index < -0.39 is 16.4 Å². The third-order valence-corrected chi connectivity index (χ3v) is 3.44. The minimum atomic E-state index is -0.677. The SMILES string of the molecule is Cc1cc(/C=N/NC(=O)c2cccs2)c(O)c([N+](=O)[O-])c1. The van der Waals surface area contributed by atoms with Crippen molar-refractivity contribution in [2.24, 2.45) is 5.10 Å². The molecular formula is C13H11N3O4S. The number of nitro benzene ring substituents is 1.